The minimum absolute atomic E-state index is 0.0819. The van der Waals surface area contributed by atoms with Gasteiger partial charge in [-0.25, -0.2) is 0 Å². The summed E-state index contributed by atoms with van der Waals surface area (Å²) in [7, 11) is 0. The molecule has 2 rings (SSSR count). The molecule has 2 aromatic carbocycles. The lowest BCUT2D eigenvalue weighted by Crippen LogP contribution is -2.29. The Morgan fingerprint density at radius 3 is 2.56 bits per heavy atom. The molecule has 10 heteroatoms. The van der Waals surface area contributed by atoms with Gasteiger partial charge >= 0.3 is 12.0 Å². The smallest absolute Gasteiger partial charge is 0.477 e. The number of para-hydroxylation sites is 1. The average Bonchev–Trinajstić information content (AvgIpc) is 2.58. The molecule has 144 valence electrons. The molecule has 0 aliphatic rings. The fourth-order valence-corrected chi connectivity index (χ4v) is 2.15. The Hall–Kier alpha value is -3.30. The third kappa shape index (κ3) is 6.17. The van der Waals surface area contributed by atoms with Crippen LogP contribution in [0.5, 0.6) is 11.5 Å². The molecule has 0 aromatic heterocycles. The number of hydrogen-bond donors (Lipinski definition) is 1. The average molecular weight is 384 g/mol. The fourth-order valence-electron chi connectivity index (χ4n) is 2.15. The van der Waals surface area contributed by atoms with Crippen LogP contribution < -0.4 is 14.8 Å². The zero-order valence-corrected chi connectivity index (χ0v) is 14.1. The summed E-state index contributed by atoms with van der Waals surface area (Å²) in [5, 5.41) is 13.4. The quantitative estimate of drug-likeness (QED) is 0.583. The van der Waals surface area contributed by atoms with Gasteiger partial charge in [-0.05, 0) is 24.6 Å². The van der Waals surface area contributed by atoms with Crippen LogP contribution in [-0.2, 0) is 11.3 Å². The van der Waals surface area contributed by atoms with E-state index in [2.05, 4.69) is 10.1 Å². The molecule has 0 heterocycles. The predicted octanol–water partition coefficient (Wildman–Crippen LogP) is 3.50. The van der Waals surface area contributed by atoms with E-state index in [4.69, 9.17) is 4.74 Å². The lowest BCUT2D eigenvalue weighted by atomic mass is 10.2. The molecule has 0 atom stereocenters. The normalized spacial score (nSPS) is 11.0. The molecular weight excluding hydrogens is 369 g/mol. The number of aryl methyl sites for hydroxylation is 1. The van der Waals surface area contributed by atoms with E-state index in [1.165, 1.54) is 30.3 Å². The Morgan fingerprint density at radius 1 is 1.19 bits per heavy atom. The van der Waals surface area contributed by atoms with E-state index in [0.29, 0.717) is 5.56 Å². The summed E-state index contributed by atoms with van der Waals surface area (Å²) in [4.78, 5) is 22.2. The van der Waals surface area contributed by atoms with Crippen molar-refractivity contribution in [1.82, 2.24) is 5.32 Å². The molecule has 0 unspecified atom stereocenters. The van der Waals surface area contributed by atoms with Crippen LogP contribution in [0.15, 0.2) is 42.5 Å². The lowest BCUT2D eigenvalue weighted by molar-refractivity contribution is -0.385. The molecule has 0 spiro atoms. The van der Waals surface area contributed by atoms with Crippen molar-refractivity contribution < 1.29 is 32.4 Å². The zero-order chi connectivity index (χ0) is 20.0. The molecule has 0 saturated heterocycles. The topological polar surface area (TPSA) is 90.7 Å². The number of carbonyl (C=O) groups excluding carboxylic acids is 1. The predicted molar refractivity (Wildman–Crippen MR) is 88.3 cm³/mol. The Kier molecular flexibility index (Phi) is 6.22. The maximum Gasteiger partial charge on any atom is 0.573 e. The van der Waals surface area contributed by atoms with Crippen molar-refractivity contribution in [3.05, 3.63) is 63.7 Å². The van der Waals surface area contributed by atoms with Gasteiger partial charge in [-0.3, -0.25) is 14.9 Å². The lowest BCUT2D eigenvalue weighted by Gasteiger charge is -2.13. The minimum Gasteiger partial charge on any atom is -0.477 e. The van der Waals surface area contributed by atoms with Crippen molar-refractivity contribution in [3.8, 4) is 11.5 Å². The first-order valence-electron chi connectivity index (χ1n) is 7.64. The maximum atomic E-state index is 12.4. The van der Waals surface area contributed by atoms with Crippen molar-refractivity contribution in [3.63, 3.8) is 0 Å². The van der Waals surface area contributed by atoms with E-state index in [0.717, 1.165) is 6.07 Å². The first-order valence-corrected chi connectivity index (χ1v) is 7.64. The summed E-state index contributed by atoms with van der Waals surface area (Å²) in [6.45, 7) is 0.903. The van der Waals surface area contributed by atoms with Gasteiger partial charge in [0, 0.05) is 18.2 Å². The van der Waals surface area contributed by atoms with Crippen molar-refractivity contribution >= 4 is 11.6 Å². The van der Waals surface area contributed by atoms with Gasteiger partial charge in [0.1, 0.15) is 5.75 Å². The second-order valence-electron chi connectivity index (χ2n) is 5.45. The molecule has 27 heavy (non-hydrogen) atoms. The van der Waals surface area contributed by atoms with Gasteiger partial charge in [0.15, 0.2) is 12.4 Å². The summed E-state index contributed by atoms with van der Waals surface area (Å²) in [5.41, 5.74) is 0.482. The molecule has 0 aliphatic carbocycles. The van der Waals surface area contributed by atoms with Crippen molar-refractivity contribution in [1.29, 1.82) is 0 Å². The van der Waals surface area contributed by atoms with E-state index < -0.39 is 29.5 Å². The van der Waals surface area contributed by atoms with Crippen LogP contribution in [0.1, 0.15) is 11.1 Å². The highest BCUT2D eigenvalue weighted by atomic mass is 19.4. The number of nitro benzene ring substituents is 1. The number of hydrogen-bond acceptors (Lipinski definition) is 5. The highest BCUT2D eigenvalue weighted by Gasteiger charge is 2.32. The third-order valence-corrected chi connectivity index (χ3v) is 3.34. The number of ether oxygens (including phenoxy) is 2. The molecule has 0 saturated carbocycles. The molecule has 0 bridgehead atoms. The number of nitrogens with one attached hydrogen (secondary N) is 1. The highest BCUT2D eigenvalue weighted by molar-refractivity contribution is 5.77. The van der Waals surface area contributed by atoms with Crippen LogP contribution >= 0.6 is 0 Å². The number of alkyl halides is 3. The van der Waals surface area contributed by atoms with Crippen LogP contribution in [-0.4, -0.2) is 23.8 Å². The summed E-state index contributed by atoms with van der Waals surface area (Å²) in [6, 6.07) is 9.62. The Balaban J connectivity index is 1.96. The fraction of sp³-hybridized carbons (Fsp3) is 0.235. The molecular formula is C17H15F3N2O5. The van der Waals surface area contributed by atoms with Crippen LogP contribution in [0, 0.1) is 17.0 Å². The number of rotatable bonds is 7. The van der Waals surface area contributed by atoms with E-state index in [1.807, 2.05) is 0 Å². The number of amides is 1. The van der Waals surface area contributed by atoms with Crippen LogP contribution in [0.3, 0.4) is 0 Å². The summed E-state index contributed by atoms with van der Waals surface area (Å²) in [5.74, 6) is -1.17. The second kappa shape index (κ2) is 8.39. The van der Waals surface area contributed by atoms with E-state index in [9.17, 15) is 28.1 Å². The maximum absolute atomic E-state index is 12.4. The van der Waals surface area contributed by atoms with Crippen molar-refractivity contribution in [2.45, 2.75) is 19.8 Å². The number of nitrogens with zero attached hydrogens (tertiary/aromatic N) is 1. The molecule has 2 aromatic rings. The molecule has 7 nitrogen and oxygen atoms in total. The van der Waals surface area contributed by atoms with Gasteiger partial charge < -0.3 is 14.8 Å². The second-order valence-corrected chi connectivity index (χ2v) is 5.45. The highest BCUT2D eigenvalue weighted by Crippen LogP contribution is 2.28. The van der Waals surface area contributed by atoms with Crippen LogP contribution in [0.2, 0.25) is 0 Å². The van der Waals surface area contributed by atoms with E-state index in [1.54, 1.807) is 13.0 Å². The standard InChI is InChI=1S/C17H15F3N2O5/c1-11-6-7-15(13(8-11)22(24)25)26-10-16(23)21-9-12-4-2-3-5-14(12)27-17(18,19)20/h2-8H,9-10H2,1H3,(H,21,23). The molecule has 0 aliphatic heterocycles. The van der Waals surface area contributed by atoms with Gasteiger partial charge in [-0.1, -0.05) is 24.3 Å². The van der Waals surface area contributed by atoms with Gasteiger partial charge in [0.05, 0.1) is 4.92 Å². The number of carbonyl (C=O) groups is 1. The SMILES string of the molecule is Cc1ccc(OCC(=O)NCc2ccccc2OC(F)(F)F)c([N+](=O)[O-])c1. The first kappa shape index (κ1) is 20.0. The molecule has 1 amide bonds. The third-order valence-electron chi connectivity index (χ3n) is 3.34. The van der Waals surface area contributed by atoms with Crippen molar-refractivity contribution in [2.24, 2.45) is 0 Å². The molecule has 0 radical (unpaired) electrons. The van der Waals surface area contributed by atoms with Gasteiger partial charge in [-0.15, -0.1) is 13.2 Å². The van der Waals surface area contributed by atoms with Gasteiger partial charge in [-0.2, -0.15) is 0 Å². The van der Waals surface area contributed by atoms with Gasteiger partial charge in [0.25, 0.3) is 5.91 Å². The number of nitro groups is 1. The first-order chi connectivity index (χ1) is 12.7. The van der Waals surface area contributed by atoms with Crippen LogP contribution in [0.25, 0.3) is 0 Å². The summed E-state index contributed by atoms with van der Waals surface area (Å²) < 4.78 is 46.2. The van der Waals surface area contributed by atoms with Crippen molar-refractivity contribution in [2.75, 3.05) is 6.61 Å². The van der Waals surface area contributed by atoms with E-state index >= 15 is 0 Å². The summed E-state index contributed by atoms with van der Waals surface area (Å²) in [6.07, 6.45) is -4.85. The monoisotopic (exact) mass is 384 g/mol. The summed E-state index contributed by atoms with van der Waals surface area (Å²) >= 11 is 0. The van der Waals surface area contributed by atoms with Crippen LogP contribution in [0.4, 0.5) is 18.9 Å². The Labute approximate surface area is 151 Å². The Bertz CT molecular complexity index is 840. The number of halogens is 3. The number of benzene rings is 2. The molecule has 1 N–H and O–H groups in total. The Morgan fingerprint density at radius 2 is 1.89 bits per heavy atom. The zero-order valence-electron chi connectivity index (χ0n) is 14.1. The minimum atomic E-state index is -4.85. The van der Waals surface area contributed by atoms with E-state index in [-0.39, 0.29) is 23.5 Å². The van der Waals surface area contributed by atoms with Gasteiger partial charge in [0.2, 0.25) is 0 Å². The largest absolute Gasteiger partial charge is 0.573 e. The molecule has 0 fully saturated rings.